The Morgan fingerprint density at radius 2 is 1.07 bits per heavy atom. The van der Waals surface area contributed by atoms with Crippen LogP contribution in [0.5, 0.6) is 0 Å². The largest absolute Gasteiger partial charge is 0.481 e. The molecule has 0 aliphatic heterocycles. The first-order chi connectivity index (χ1) is 35.7. The van der Waals surface area contributed by atoms with E-state index in [0.717, 1.165) is 11.8 Å². The van der Waals surface area contributed by atoms with Crippen molar-refractivity contribution in [2.45, 2.75) is 172 Å². The van der Waals surface area contributed by atoms with Crippen molar-refractivity contribution < 1.29 is 53.1 Å². The Bertz CT molecular complexity index is 2100. The van der Waals surface area contributed by atoms with Gasteiger partial charge < -0.3 is 76.3 Å². The van der Waals surface area contributed by atoms with E-state index in [0.29, 0.717) is 37.1 Å². The number of amides is 9. The Morgan fingerprint density at radius 3 is 1.58 bits per heavy atom. The molecule has 25 nitrogen and oxygen atoms in total. The number of benzene rings is 1. The average Bonchev–Trinajstić information content (AvgIpc) is 3.35. The number of hydrogen-bond acceptors (Lipinski definition) is 14. The fourth-order valence-corrected chi connectivity index (χ4v) is 8.36. The molecule has 10 atom stereocenters. The van der Waals surface area contributed by atoms with Gasteiger partial charge in [0, 0.05) is 11.4 Å². The van der Waals surface area contributed by atoms with Crippen molar-refractivity contribution in [2.75, 3.05) is 19.6 Å². The molecule has 0 fully saturated rings. The summed E-state index contributed by atoms with van der Waals surface area (Å²) >= 11 is 0.925. The first-order valence-corrected chi connectivity index (χ1v) is 26.8. The summed E-state index contributed by atoms with van der Waals surface area (Å²) in [5, 5.41) is 29.0. The summed E-state index contributed by atoms with van der Waals surface area (Å²) in [7, 11) is 0. The number of carboxylic acid groups (broad SMARTS) is 1. The second-order valence-corrected chi connectivity index (χ2v) is 20.9. The lowest BCUT2D eigenvalue weighted by Crippen LogP contribution is -2.61. The zero-order valence-corrected chi connectivity index (χ0v) is 46.1. The summed E-state index contributed by atoms with van der Waals surface area (Å²) in [6.45, 7) is 14.2. The van der Waals surface area contributed by atoms with E-state index in [-0.39, 0.29) is 62.4 Å². The molecule has 9 amide bonds. The van der Waals surface area contributed by atoms with Gasteiger partial charge in [-0.2, -0.15) is 0 Å². The number of carboxylic acids is 1. The van der Waals surface area contributed by atoms with E-state index < -0.39 is 126 Å². The second-order valence-electron chi connectivity index (χ2n) is 19.7. The molecule has 76 heavy (non-hydrogen) atoms. The highest BCUT2D eigenvalue weighted by Gasteiger charge is 2.37. The van der Waals surface area contributed by atoms with Gasteiger partial charge in [-0.15, -0.1) is 0 Å². The van der Waals surface area contributed by atoms with Gasteiger partial charge in [0.2, 0.25) is 47.3 Å². The number of primary amides is 1. The van der Waals surface area contributed by atoms with Crippen LogP contribution in [0.15, 0.2) is 40.2 Å². The zero-order valence-electron chi connectivity index (χ0n) is 45.3. The molecule has 19 N–H and O–H groups in total. The van der Waals surface area contributed by atoms with Crippen LogP contribution in [0, 0.1) is 23.7 Å². The summed E-state index contributed by atoms with van der Waals surface area (Å²) < 4.78 is 0. The van der Waals surface area contributed by atoms with Gasteiger partial charge in [-0.1, -0.05) is 98.2 Å². The molecule has 0 bridgehead atoms. The van der Waals surface area contributed by atoms with Crippen molar-refractivity contribution in [2.24, 2.45) is 57.3 Å². The minimum atomic E-state index is -1.65. The SMILES string of the molecule is CCC(C)[C@H](N)C(=O)N[C@@H](CCCN=C(N)N)C(=O)N[C@@H](CCCCN)C(=O)N[C@H](C(=O)N[C@@H](CC(C)C)C(=O)N[C@H](Sc1ccccc1)C(=O)N[C@@H](CC(C)C)C(=O)N[C@@H](CC(=O)O)C(=O)NCC(N)=O)[C@@H](C)CC. The highest BCUT2D eigenvalue weighted by atomic mass is 32.2. The monoisotopic (exact) mass is 1090 g/mol. The number of aliphatic carboxylic acids is 1. The maximum absolute atomic E-state index is 14.4. The number of thioether (sulfide) groups is 1. The summed E-state index contributed by atoms with van der Waals surface area (Å²) in [4.78, 5) is 139. The van der Waals surface area contributed by atoms with Gasteiger partial charge in [-0.05, 0) is 87.3 Å². The minimum absolute atomic E-state index is 0.00812. The molecule has 0 aliphatic carbocycles. The van der Waals surface area contributed by atoms with E-state index in [1.807, 2.05) is 20.8 Å². The van der Waals surface area contributed by atoms with Gasteiger partial charge in [0.1, 0.15) is 36.3 Å². The summed E-state index contributed by atoms with van der Waals surface area (Å²) in [6, 6.07) is -0.268. The number of guanidine groups is 1. The van der Waals surface area contributed by atoms with Crippen LogP contribution >= 0.6 is 11.8 Å². The van der Waals surface area contributed by atoms with Gasteiger partial charge in [-0.3, -0.25) is 52.9 Å². The number of nitrogens with one attached hydrogen (secondary N) is 8. The standard InChI is InChI=1S/C50H86N14O11S/c1-9-29(7)39(53)46(73)59-33(20-16-22-56-50(54)55)42(69)58-32(19-14-15-21-51)43(70)63-40(30(8)10-2)47(74)61-35(24-28(5)6)45(72)64-49(76-31-17-12-11-13-18-31)48(75)62-34(23-27(3)4)44(71)60-36(25-38(66)67)41(68)57-26-37(52)65/h11-13,17-18,27-30,32-36,39-40,49H,9-10,14-16,19-26,51,53H2,1-8H3,(H2,52,65)(H,57,68)(H,58,69)(H,59,73)(H,60,71)(H,61,74)(H,62,75)(H,63,70)(H,64,72)(H,66,67)(H4,54,55,56)/t29?,30-,32-,33-,34-,35-,36-,39-,40-,49+/m0/s1. The second kappa shape index (κ2) is 35.7. The van der Waals surface area contributed by atoms with Gasteiger partial charge in [0.05, 0.1) is 19.0 Å². The number of nitrogens with zero attached hydrogens (tertiary/aromatic N) is 1. The molecular formula is C50H86N14O11S. The Balaban J connectivity index is 3.60. The molecule has 1 rings (SSSR count). The van der Waals surface area contributed by atoms with Crippen molar-refractivity contribution in [3.63, 3.8) is 0 Å². The summed E-state index contributed by atoms with van der Waals surface area (Å²) in [5.41, 5.74) is 28.1. The van der Waals surface area contributed by atoms with Crippen molar-refractivity contribution in [3.8, 4) is 0 Å². The predicted molar refractivity (Wildman–Crippen MR) is 289 cm³/mol. The normalized spacial score (nSPS) is 15.1. The van der Waals surface area contributed by atoms with E-state index in [2.05, 4.69) is 47.5 Å². The molecule has 1 aromatic carbocycles. The minimum Gasteiger partial charge on any atom is -0.481 e. The zero-order chi connectivity index (χ0) is 57.7. The lowest BCUT2D eigenvalue weighted by atomic mass is 9.96. The molecule has 0 aliphatic rings. The Labute approximate surface area is 450 Å². The van der Waals surface area contributed by atoms with Gasteiger partial charge >= 0.3 is 5.97 Å². The van der Waals surface area contributed by atoms with Gasteiger partial charge in [0.15, 0.2) is 11.3 Å². The van der Waals surface area contributed by atoms with Crippen LogP contribution in [-0.4, -0.2) is 138 Å². The third-order valence-corrected chi connectivity index (χ3v) is 13.3. The highest BCUT2D eigenvalue weighted by molar-refractivity contribution is 8.00. The van der Waals surface area contributed by atoms with E-state index in [1.165, 1.54) is 0 Å². The van der Waals surface area contributed by atoms with E-state index in [9.17, 15) is 53.1 Å². The highest BCUT2D eigenvalue weighted by Crippen LogP contribution is 2.23. The van der Waals surface area contributed by atoms with Crippen LogP contribution < -0.4 is 71.2 Å². The van der Waals surface area contributed by atoms with Crippen LogP contribution in [-0.2, 0) is 47.9 Å². The average molecular weight is 1090 g/mol. The fraction of sp³-hybridized carbons (Fsp3) is 0.660. The number of unbranched alkanes of at least 4 members (excludes halogenated alkanes) is 1. The first-order valence-electron chi connectivity index (χ1n) is 25.9. The third-order valence-electron chi connectivity index (χ3n) is 12.1. The molecule has 26 heteroatoms. The van der Waals surface area contributed by atoms with Crippen LogP contribution in [0.3, 0.4) is 0 Å². The number of carbonyl (C=O) groups excluding carboxylic acids is 9. The molecule has 0 heterocycles. The molecule has 0 spiro atoms. The number of rotatable bonds is 37. The molecule has 1 aromatic rings. The number of carbonyl (C=O) groups is 10. The topological polar surface area (TPSA) is 430 Å². The maximum Gasteiger partial charge on any atom is 0.305 e. The maximum atomic E-state index is 14.4. The molecule has 0 saturated carbocycles. The Kier molecular flexibility index (Phi) is 31.7. The summed E-state index contributed by atoms with van der Waals surface area (Å²) in [6.07, 6.45) is 1.60. The predicted octanol–water partition coefficient (Wildman–Crippen LogP) is -1.10. The first kappa shape index (κ1) is 67.5. The molecule has 0 aromatic heterocycles. The molecule has 0 saturated heterocycles. The molecule has 1 unspecified atom stereocenters. The number of nitrogens with two attached hydrogens (primary N) is 5. The van der Waals surface area contributed by atoms with Crippen molar-refractivity contribution in [3.05, 3.63) is 30.3 Å². The fourth-order valence-electron chi connectivity index (χ4n) is 7.42. The molecular weight excluding hydrogens is 1000 g/mol. The van der Waals surface area contributed by atoms with E-state index in [4.69, 9.17) is 28.7 Å². The summed E-state index contributed by atoms with van der Waals surface area (Å²) in [5.74, 6) is -9.91. The molecule has 0 radical (unpaired) electrons. The lowest BCUT2D eigenvalue weighted by molar-refractivity contribution is -0.141. The van der Waals surface area contributed by atoms with E-state index >= 15 is 0 Å². The third kappa shape index (κ3) is 26.3. The van der Waals surface area contributed by atoms with Crippen LogP contribution in [0.25, 0.3) is 0 Å². The van der Waals surface area contributed by atoms with Crippen molar-refractivity contribution in [1.29, 1.82) is 0 Å². The van der Waals surface area contributed by atoms with Crippen LogP contribution in [0.4, 0.5) is 0 Å². The smallest absolute Gasteiger partial charge is 0.305 e. The number of hydrogen-bond donors (Lipinski definition) is 14. The molecule has 428 valence electrons. The van der Waals surface area contributed by atoms with E-state index in [1.54, 1.807) is 65.0 Å². The van der Waals surface area contributed by atoms with Crippen molar-refractivity contribution >= 4 is 76.9 Å². The Morgan fingerprint density at radius 1 is 0.579 bits per heavy atom. The van der Waals surface area contributed by atoms with Crippen molar-refractivity contribution in [1.82, 2.24) is 42.5 Å². The van der Waals surface area contributed by atoms with Crippen LogP contribution in [0.2, 0.25) is 0 Å². The van der Waals surface area contributed by atoms with Gasteiger partial charge in [-0.25, -0.2) is 0 Å². The number of aliphatic imine (C=N–C) groups is 1. The van der Waals surface area contributed by atoms with Gasteiger partial charge in [0.25, 0.3) is 5.91 Å². The lowest BCUT2D eigenvalue weighted by Gasteiger charge is -2.30. The quantitative estimate of drug-likeness (QED) is 0.0124. The van der Waals surface area contributed by atoms with Crippen LogP contribution in [0.1, 0.15) is 120 Å². The Hall–Kier alpha value is -6.54.